The number of carboxylic acid groups (broad SMARTS) is 1. The molecular weight excluding hydrogens is 531 g/mol. The first-order valence-electron chi connectivity index (χ1n) is 11.0. The Morgan fingerprint density at radius 2 is 1.46 bits per heavy atom. The lowest BCUT2D eigenvalue weighted by Gasteiger charge is -2.18. The maximum absolute atomic E-state index is 13.4. The number of benzene rings is 4. The molecule has 0 heterocycles. The molecule has 0 saturated carbocycles. The van der Waals surface area contributed by atoms with E-state index < -0.39 is 17.1 Å². The summed E-state index contributed by atoms with van der Waals surface area (Å²) in [6.07, 6.45) is 0. The van der Waals surface area contributed by atoms with Gasteiger partial charge in [-0.3, -0.25) is 9.59 Å². The highest BCUT2D eigenvalue weighted by Crippen LogP contribution is 2.38. The van der Waals surface area contributed by atoms with Crippen molar-refractivity contribution >= 4 is 64.1 Å². The molecule has 0 aliphatic carbocycles. The number of amides is 2. The summed E-state index contributed by atoms with van der Waals surface area (Å²) in [4.78, 5) is 38.4. The Morgan fingerprint density at radius 1 is 0.757 bits per heavy atom. The van der Waals surface area contributed by atoms with Crippen LogP contribution in [0.5, 0.6) is 0 Å². The Labute approximate surface area is 227 Å². The fourth-order valence-electron chi connectivity index (χ4n) is 3.54. The number of aromatic carboxylic acids is 1. The molecule has 6 nitrogen and oxygen atoms in total. The van der Waals surface area contributed by atoms with Gasteiger partial charge in [0.2, 0.25) is 5.91 Å². The smallest absolute Gasteiger partial charge is 0.336 e. The van der Waals surface area contributed by atoms with Gasteiger partial charge in [-0.25, -0.2) is 4.79 Å². The van der Waals surface area contributed by atoms with Gasteiger partial charge in [0, 0.05) is 15.6 Å². The van der Waals surface area contributed by atoms with Gasteiger partial charge in [-0.15, -0.1) is 11.8 Å². The molecule has 4 aromatic rings. The molecule has 0 saturated heterocycles. The van der Waals surface area contributed by atoms with Gasteiger partial charge < -0.3 is 15.7 Å². The molecule has 0 aromatic heterocycles. The second kappa shape index (κ2) is 12.0. The minimum Gasteiger partial charge on any atom is -0.478 e. The van der Waals surface area contributed by atoms with E-state index in [1.807, 2.05) is 36.4 Å². The largest absolute Gasteiger partial charge is 0.478 e. The predicted octanol–water partition coefficient (Wildman–Crippen LogP) is 7.42. The number of thioether (sulfide) groups is 1. The molecule has 1 unspecified atom stereocenters. The predicted molar refractivity (Wildman–Crippen MR) is 148 cm³/mol. The number of halogens is 2. The summed E-state index contributed by atoms with van der Waals surface area (Å²) in [5, 5.41) is 15.1. The van der Waals surface area contributed by atoms with Crippen LogP contribution in [-0.2, 0) is 4.79 Å². The van der Waals surface area contributed by atoms with Gasteiger partial charge in [-0.1, -0.05) is 71.7 Å². The Bertz CT molecular complexity index is 1460. The summed E-state index contributed by atoms with van der Waals surface area (Å²) in [6, 6.07) is 27.1. The van der Waals surface area contributed by atoms with E-state index in [0.717, 1.165) is 10.5 Å². The van der Waals surface area contributed by atoms with E-state index in [9.17, 15) is 19.5 Å². The van der Waals surface area contributed by atoms with Crippen LogP contribution in [0.3, 0.4) is 0 Å². The lowest BCUT2D eigenvalue weighted by atomic mass is 10.1. The van der Waals surface area contributed by atoms with Crippen molar-refractivity contribution in [2.24, 2.45) is 0 Å². The summed E-state index contributed by atoms with van der Waals surface area (Å²) in [5.41, 5.74) is 1.64. The van der Waals surface area contributed by atoms with Gasteiger partial charge >= 0.3 is 5.97 Å². The first-order chi connectivity index (χ1) is 17.8. The molecule has 4 rings (SSSR count). The average Bonchev–Trinajstić information content (AvgIpc) is 2.89. The minimum absolute atomic E-state index is 0.0504. The molecule has 9 heteroatoms. The van der Waals surface area contributed by atoms with Crippen molar-refractivity contribution < 1.29 is 19.5 Å². The van der Waals surface area contributed by atoms with Crippen molar-refractivity contribution in [3.05, 3.63) is 124 Å². The van der Waals surface area contributed by atoms with Crippen LogP contribution in [0.2, 0.25) is 10.0 Å². The topological polar surface area (TPSA) is 95.5 Å². The van der Waals surface area contributed by atoms with Crippen molar-refractivity contribution in [1.82, 2.24) is 0 Å². The molecule has 0 aliphatic rings. The summed E-state index contributed by atoms with van der Waals surface area (Å²) in [7, 11) is 0. The Balaban J connectivity index is 1.57. The zero-order valence-electron chi connectivity index (χ0n) is 19.2. The van der Waals surface area contributed by atoms with Crippen LogP contribution in [0.15, 0.2) is 102 Å². The number of rotatable bonds is 8. The molecule has 0 radical (unpaired) electrons. The maximum Gasteiger partial charge on any atom is 0.336 e. The van der Waals surface area contributed by atoms with Crippen molar-refractivity contribution in [1.29, 1.82) is 0 Å². The van der Waals surface area contributed by atoms with Crippen molar-refractivity contribution in [2.45, 2.75) is 10.1 Å². The van der Waals surface area contributed by atoms with E-state index in [-0.39, 0.29) is 17.0 Å². The average molecular weight is 551 g/mol. The number of nitrogens with one attached hydrogen (secondary N) is 2. The summed E-state index contributed by atoms with van der Waals surface area (Å²) < 4.78 is 0. The van der Waals surface area contributed by atoms with Gasteiger partial charge in [-0.05, 0) is 54.1 Å². The highest BCUT2D eigenvalue weighted by molar-refractivity contribution is 8.00. The first-order valence-corrected chi connectivity index (χ1v) is 12.7. The first kappa shape index (κ1) is 26.3. The standard InChI is InChI=1S/C28H20Cl2N2O4S/c29-18-13-14-24(23(30)15-18)32-27(34)25(17-7-2-1-3-8-17)37-20-10-6-9-19(16-20)31-26(33)21-11-4-5-12-22(21)28(35)36/h1-16,25H,(H,31,33)(H,32,34)(H,35,36). The highest BCUT2D eigenvalue weighted by atomic mass is 35.5. The lowest BCUT2D eigenvalue weighted by molar-refractivity contribution is -0.115. The zero-order valence-corrected chi connectivity index (χ0v) is 21.5. The Kier molecular flexibility index (Phi) is 8.50. The van der Waals surface area contributed by atoms with Crippen LogP contribution in [0.1, 0.15) is 31.5 Å². The van der Waals surface area contributed by atoms with E-state index in [2.05, 4.69) is 10.6 Å². The summed E-state index contributed by atoms with van der Waals surface area (Å²) >= 11 is 13.5. The third-order valence-corrected chi connectivity index (χ3v) is 7.07. The molecule has 0 fully saturated rings. The number of carbonyl (C=O) groups is 3. The summed E-state index contributed by atoms with van der Waals surface area (Å²) in [6.45, 7) is 0. The molecule has 4 aromatic carbocycles. The second-order valence-corrected chi connectivity index (χ2v) is 9.88. The third-order valence-electron chi connectivity index (χ3n) is 5.28. The van der Waals surface area contributed by atoms with E-state index in [0.29, 0.717) is 21.4 Å². The fourth-order valence-corrected chi connectivity index (χ4v) is 5.08. The molecule has 1 atom stereocenters. The SMILES string of the molecule is O=C(O)c1ccccc1C(=O)Nc1cccc(SC(C(=O)Nc2ccc(Cl)cc2Cl)c2ccccc2)c1. The quantitative estimate of drug-likeness (QED) is 0.198. The maximum atomic E-state index is 13.4. The molecule has 3 N–H and O–H groups in total. The molecule has 186 valence electrons. The van der Waals surface area contributed by atoms with Crippen LogP contribution in [0.25, 0.3) is 0 Å². The minimum atomic E-state index is -1.19. The van der Waals surface area contributed by atoms with Crippen LogP contribution in [-0.4, -0.2) is 22.9 Å². The van der Waals surface area contributed by atoms with Crippen LogP contribution >= 0.6 is 35.0 Å². The van der Waals surface area contributed by atoms with Gasteiger partial charge in [-0.2, -0.15) is 0 Å². The van der Waals surface area contributed by atoms with E-state index >= 15 is 0 Å². The monoisotopic (exact) mass is 550 g/mol. The zero-order chi connectivity index (χ0) is 26.4. The van der Waals surface area contributed by atoms with E-state index in [4.69, 9.17) is 23.2 Å². The van der Waals surface area contributed by atoms with Crippen LogP contribution in [0, 0.1) is 0 Å². The number of anilines is 2. The molecule has 0 bridgehead atoms. The number of carboxylic acids is 1. The molecular formula is C28H20Cl2N2O4S. The third kappa shape index (κ3) is 6.71. The van der Waals surface area contributed by atoms with E-state index in [1.54, 1.807) is 48.5 Å². The van der Waals surface area contributed by atoms with Crippen molar-refractivity contribution in [3.8, 4) is 0 Å². The van der Waals surface area contributed by atoms with Gasteiger partial charge in [0.25, 0.3) is 5.91 Å². The van der Waals surface area contributed by atoms with Crippen molar-refractivity contribution in [3.63, 3.8) is 0 Å². The normalized spacial score (nSPS) is 11.4. The number of hydrogen-bond acceptors (Lipinski definition) is 4. The molecule has 37 heavy (non-hydrogen) atoms. The molecule has 0 spiro atoms. The van der Waals surface area contributed by atoms with Crippen molar-refractivity contribution in [2.75, 3.05) is 10.6 Å². The molecule has 2 amide bonds. The second-order valence-electron chi connectivity index (χ2n) is 7.85. The number of hydrogen-bond donors (Lipinski definition) is 3. The van der Waals surface area contributed by atoms with E-state index in [1.165, 1.54) is 23.9 Å². The van der Waals surface area contributed by atoms with Gasteiger partial charge in [0.1, 0.15) is 5.25 Å². The molecule has 0 aliphatic heterocycles. The van der Waals surface area contributed by atoms with Gasteiger partial charge in [0.15, 0.2) is 0 Å². The fraction of sp³-hybridized carbons (Fsp3) is 0.0357. The summed E-state index contributed by atoms with van der Waals surface area (Å²) in [5.74, 6) is -2.02. The van der Waals surface area contributed by atoms with Crippen LogP contribution in [0.4, 0.5) is 11.4 Å². The van der Waals surface area contributed by atoms with Gasteiger partial charge in [0.05, 0.1) is 21.8 Å². The Morgan fingerprint density at radius 3 is 2.16 bits per heavy atom. The highest BCUT2D eigenvalue weighted by Gasteiger charge is 2.23. The number of carbonyl (C=O) groups excluding carboxylic acids is 2. The Hall–Kier alpha value is -3.78. The lowest BCUT2D eigenvalue weighted by Crippen LogP contribution is -2.19. The van der Waals surface area contributed by atoms with Crippen LogP contribution < -0.4 is 10.6 Å².